The van der Waals surface area contributed by atoms with Crippen molar-refractivity contribution in [3.8, 4) is 0 Å². The molecule has 2 rings (SSSR count). The fourth-order valence-electron chi connectivity index (χ4n) is 2.06. The molecule has 0 saturated carbocycles. The van der Waals surface area contributed by atoms with Gasteiger partial charge in [-0.05, 0) is 18.2 Å². The van der Waals surface area contributed by atoms with E-state index < -0.39 is 0 Å². The molecule has 0 bridgehead atoms. The van der Waals surface area contributed by atoms with Gasteiger partial charge in [0.25, 0.3) is 0 Å². The second-order valence-corrected chi connectivity index (χ2v) is 4.50. The maximum Gasteiger partial charge on any atom is 0.250 e. The molecule has 1 atom stereocenters. The van der Waals surface area contributed by atoms with Crippen molar-refractivity contribution in [2.75, 3.05) is 30.5 Å². The number of hydrogen-bond donors (Lipinski definition) is 2. The average Bonchev–Trinajstić information content (AvgIpc) is 2.69. The van der Waals surface area contributed by atoms with Crippen molar-refractivity contribution < 1.29 is 14.3 Å². The molecule has 2 amide bonds. The van der Waals surface area contributed by atoms with Crippen molar-refractivity contribution in [3.63, 3.8) is 0 Å². The molecule has 1 aliphatic heterocycles. The minimum absolute atomic E-state index is 0.00224. The van der Waals surface area contributed by atoms with E-state index in [2.05, 4.69) is 5.32 Å². The first-order chi connectivity index (χ1) is 9.10. The van der Waals surface area contributed by atoms with Gasteiger partial charge in [0.1, 0.15) is 6.61 Å². The molecule has 3 N–H and O–H groups in total. The second-order valence-electron chi connectivity index (χ2n) is 4.50. The summed E-state index contributed by atoms with van der Waals surface area (Å²) in [5, 5.41) is 2.70. The van der Waals surface area contributed by atoms with E-state index in [4.69, 9.17) is 10.5 Å². The topological polar surface area (TPSA) is 84.7 Å². The first-order valence-corrected chi connectivity index (χ1v) is 6.05. The molecule has 1 saturated heterocycles. The molecule has 6 nitrogen and oxygen atoms in total. The highest BCUT2D eigenvalue weighted by molar-refractivity contribution is 5.97. The van der Waals surface area contributed by atoms with Crippen molar-refractivity contribution in [1.82, 2.24) is 0 Å². The molecule has 0 spiro atoms. The van der Waals surface area contributed by atoms with Crippen LogP contribution in [0, 0.1) is 0 Å². The van der Waals surface area contributed by atoms with E-state index in [0.29, 0.717) is 18.7 Å². The van der Waals surface area contributed by atoms with Crippen LogP contribution >= 0.6 is 0 Å². The minimum Gasteiger partial charge on any atom is -0.375 e. The van der Waals surface area contributed by atoms with Crippen LogP contribution in [0.15, 0.2) is 24.3 Å². The maximum absolute atomic E-state index is 11.8. The van der Waals surface area contributed by atoms with Crippen molar-refractivity contribution in [2.24, 2.45) is 5.73 Å². The zero-order chi connectivity index (χ0) is 13.8. The third-order valence-electron chi connectivity index (χ3n) is 2.87. The summed E-state index contributed by atoms with van der Waals surface area (Å²) in [5.41, 5.74) is 7.14. The van der Waals surface area contributed by atoms with Crippen LogP contribution in [0.25, 0.3) is 0 Å². The van der Waals surface area contributed by atoms with Crippen LogP contribution in [0.1, 0.15) is 6.42 Å². The van der Waals surface area contributed by atoms with Gasteiger partial charge in [0, 0.05) is 37.5 Å². The van der Waals surface area contributed by atoms with E-state index in [1.54, 1.807) is 23.1 Å². The van der Waals surface area contributed by atoms with Crippen LogP contribution in [0.2, 0.25) is 0 Å². The van der Waals surface area contributed by atoms with Crippen molar-refractivity contribution in [2.45, 2.75) is 12.5 Å². The zero-order valence-electron chi connectivity index (χ0n) is 10.8. The Balaban J connectivity index is 2.11. The lowest BCUT2D eigenvalue weighted by Crippen LogP contribution is -2.28. The van der Waals surface area contributed by atoms with Gasteiger partial charge < -0.3 is 20.7 Å². The van der Waals surface area contributed by atoms with Gasteiger partial charge in [-0.25, -0.2) is 0 Å². The fraction of sp³-hybridized carbons (Fsp3) is 0.385. The van der Waals surface area contributed by atoms with E-state index in [9.17, 15) is 9.59 Å². The zero-order valence-corrected chi connectivity index (χ0v) is 10.8. The number of amides is 2. The summed E-state index contributed by atoms with van der Waals surface area (Å²) in [5.74, 6) is -0.225. The van der Waals surface area contributed by atoms with Crippen molar-refractivity contribution >= 4 is 23.2 Å². The Bertz CT molecular complexity index is 490. The number of benzene rings is 1. The Labute approximate surface area is 111 Å². The SMILES string of the molecule is COCC(=O)Nc1cccc(N2CC(N)CC2=O)c1. The molecule has 0 radical (unpaired) electrons. The third-order valence-corrected chi connectivity index (χ3v) is 2.87. The van der Waals surface area contributed by atoms with Gasteiger partial charge in [0.15, 0.2) is 0 Å². The highest BCUT2D eigenvalue weighted by Gasteiger charge is 2.28. The Morgan fingerprint density at radius 3 is 3.00 bits per heavy atom. The molecule has 6 heteroatoms. The van der Waals surface area contributed by atoms with Gasteiger partial charge in [-0.2, -0.15) is 0 Å². The Morgan fingerprint density at radius 1 is 1.58 bits per heavy atom. The van der Waals surface area contributed by atoms with Gasteiger partial charge in [0.05, 0.1) is 0 Å². The first kappa shape index (κ1) is 13.5. The Hall–Kier alpha value is -1.92. The van der Waals surface area contributed by atoms with Gasteiger partial charge in [-0.15, -0.1) is 0 Å². The van der Waals surface area contributed by atoms with Crippen LogP contribution in [0.4, 0.5) is 11.4 Å². The number of carbonyl (C=O) groups is 2. The number of anilines is 2. The van der Waals surface area contributed by atoms with Crippen molar-refractivity contribution in [3.05, 3.63) is 24.3 Å². The molecular formula is C13H17N3O3. The number of rotatable bonds is 4. The van der Waals surface area contributed by atoms with Crippen LogP contribution < -0.4 is 16.0 Å². The molecule has 1 unspecified atom stereocenters. The molecular weight excluding hydrogens is 246 g/mol. The van der Waals surface area contributed by atoms with E-state index in [-0.39, 0.29) is 24.5 Å². The summed E-state index contributed by atoms with van der Waals surface area (Å²) in [6.07, 6.45) is 0.361. The number of hydrogen-bond acceptors (Lipinski definition) is 4. The standard InChI is InChI=1S/C13H17N3O3/c1-19-8-12(17)15-10-3-2-4-11(6-10)16-7-9(14)5-13(16)18/h2-4,6,9H,5,7-8,14H2,1H3,(H,15,17). The average molecular weight is 263 g/mol. The first-order valence-electron chi connectivity index (χ1n) is 6.05. The van der Waals surface area contributed by atoms with Gasteiger partial charge >= 0.3 is 0 Å². The number of nitrogens with zero attached hydrogens (tertiary/aromatic N) is 1. The van der Waals surface area contributed by atoms with Crippen LogP contribution in [0.3, 0.4) is 0 Å². The highest BCUT2D eigenvalue weighted by Crippen LogP contribution is 2.23. The quantitative estimate of drug-likeness (QED) is 0.820. The van der Waals surface area contributed by atoms with Gasteiger partial charge in [-0.3, -0.25) is 9.59 Å². The molecule has 0 aliphatic carbocycles. The molecule has 1 fully saturated rings. The lowest BCUT2D eigenvalue weighted by molar-refractivity contribution is -0.119. The fourth-order valence-corrected chi connectivity index (χ4v) is 2.06. The molecule has 1 aromatic carbocycles. The maximum atomic E-state index is 11.8. The monoisotopic (exact) mass is 263 g/mol. The van der Waals surface area contributed by atoms with Crippen LogP contribution in [-0.2, 0) is 14.3 Å². The number of nitrogens with two attached hydrogens (primary N) is 1. The molecule has 102 valence electrons. The van der Waals surface area contributed by atoms with E-state index in [0.717, 1.165) is 5.69 Å². The van der Waals surface area contributed by atoms with E-state index in [1.165, 1.54) is 7.11 Å². The highest BCUT2D eigenvalue weighted by atomic mass is 16.5. The number of ether oxygens (including phenoxy) is 1. The lowest BCUT2D eigenvalue weighted by atomic mass is 10.2. The van der Waals surface area contributed by atoms with Crippen molar-refractivity contribution in [1.29, 1.82) is 0 Å². The van der Waals surface area contributed by atoms with E-state index in [1.807, 2.05) is 6.07 Å². The normalized spacial score (nSPS) is 18.7. The molecule has 1 aromatic rings. The molecule has 1 aliphatic rings. The number of methoxy groups -OCH3 is 1. The Morgan fingerprint density at radius 2 is 2.37 bits per heavy atom. The smallest absolute Gasteiger partial charge is 0.250 e. The minimum atomic E-state index is -0.232. The third kappa shape index (κ3) is 3.30. The summed E-state index contributed by atoms with van der Waals surface area (Å²) < 4.78 is 4.74. The molecule has 19 heavy (non-hydrogen) atoms. The number of carbonyl (C=O) groups excluding carboxylic acids is 2. The van der Waals surface area contributed by atoms with E-state index >= 15 is 0 Å². The lowest BCUT2D eigenvalue weighted by Gasteiger charge is -2.17. The molecule has 0 aromatic heterocycles. The summed E-state index contributed by atoms with van der Waals surface area (Å²) in [6.45, 7) is 0.506. The second kappa shape index (κ2) is 5.81. The summed E-state index contributed by atoms with van der Waals surface area (Å²) in [6, 6.07) is 7.00. The van der Waals surface area contributed by atoms with Gasteiger partial charge in [-0.1, -0.05) is 6.07 Å². The largest absolute Gasteiger partial charge is 0.375 e. The van der Waals surface area contributed by atoms with Crippen LogP contribution in [-0.4, -0.2) is 38.1 Å². The summed E-state index contributed by atoms with van der Waals surface area (Å²) >= 11 is 0. The summed E-state index contributed by atoms with van der Waals surface area (Å²) in [4.78, 5) is 24.8. The van der Waals surface area contributed by atoms with Crippen LogP contribution in [0.5, 0.6) is 0 Å². The Kier molecular flexibility index (Phi) is 4.13. The molecule has 1 heterocycles. The predicted molar refractivity (Wildman–Crippen MR) is 71.9 cm³/mol. The van der Waals surface area contributed by atoms with Gasteiger partial charge in [0.2, 0.25) is 11.8 Å². The summed E-state index contributed by atoms with van der Waals surface area (Å²) in [7, 11) is 1.46. The predicted octanol–water partition coefficient (Wildman–Crippen LogP) is 0.335. The number of nitrogens with one attached hydrogen (secondary N) is 1.